The maximum absolute atomic E-state index is 10.5. The molecule has 2 fully saturated rings. The Kier molecular flexibility index (Phi) is 7.69. The van der Waals surface area contributed by atoms with E-state index < -0.39 is 12.1 Å². The maximum Gasteiger partial charge on any atom is 0.303 e. The highest BCUT2D eigenvalue weighted by Crippen LogP contribution is 2.45. The Morgan fingerprint density at radius 3 is 2.79 bits per heavy atom. The molecule has 5 nitrogen and oxygen atoms in total. The first kappa shape index (κ1) is 20.6. The standard InChI is InChI=1S/C23H30O5/c24-17(16-27-18-8-4-3-5-9-18)12-13-20-19(21-14-15-22(20)28-21)10-6-1-2-7-11-23(25)26/h1,3-6,8-9,12-13,17,19-22,24H,2,7,10-11,14-16H2,(H,25,26)/t17?,19-,20+,21-,22+/m1/s1. The SMILES string of the molecule is O=C(O)CCCC=CC[C@@H]1[C@H](C=CC(O)COc2ccccc2)[C@@H]2CC[C@H]1O2. The Hall–Kier alpha value is -2.11. The zero-order chi connectivity index (χ0) is 19.8. The second-order valence-electron chi connectivity index (χ2n) is 7.60. The molecule has 0 amide bonds. The molecule has 0 aliphatic carbocycles. The normalized spacial score (nSPS) is 27.6. The number of aliphatic hydroxyl groups excluding tert-OH is 1. The molecule has 152 valence electrons. The molecule has 5 heteroatoms. The molecule has 2 aliphatic rings. The molecule has 1 aromatic carbocycles. The minimum absolute atomic E-state index is 0.218. The van der Waals surface area contributed by atoms with Gasteiger partial charge in [-0.3, -0.25) is 4.79 Å². The van der Waals surface area contributed by atoms with E-state index in [9.17, 15) is 9.90 Å². The Morgan fingerprint density at radius 2 is 2.00 bits per heavy atom. The van der Waals surface area contributed by atoms with E-state index in [1.54, 1.807) is 0 Å². The largest absolute Gasteiger partial charge is 0.491 e. The summed E-state index contributed by atoms with van der Waals surface area (Å²) in [5.74, 6) is 0.751. The van der Waals surface area contributed by atoms with Gasteiger partial charge in [-0.1, -0.05) is 42.5 Å². The van der Waals surface area contributed by atoms with Crippen LogP contribution in [0.3, 0.4) is 0 Å². The highest BCUT2D eigenvalue weighted by atomic mass is 16.5. The molecule has 2 aliphatic heterocycles. The van der Waals surface area contributed by atoms with Crippen molar-refractivity contribution in [2.45, 2.75) is 56.8 Å². The van der Waals surface area contributed by atoms with E-state index in [-0.39, 0.29) is 19.1 Å². The van der Waals surface area contributed by atoms with Crippen molar-refractivity contribution in [2.75, 3.05) is 6.61 Å². The number of carboxylic acids is 1. The minimum atomic E-state index is -0.741. The van der Waals surface area contributed by atoms with Gasteiger partial charge in [0, 0.05) is 12.3 Å². The lowest BCUT2D eigenvalue weighted by molar-refractivity contribution is -0.137. The van der Waals surface area contributed by atoms with E-state index in [1.165, 1.54) is 0 Å². The summed E-state index contributed by atoms with van der Waals surface area (Å²) < 4.78 is 11.7. The molecule has 2 heterocycles. The number of unbranched alkanes of at least 4 members (excludes halogenated alkanes) is 1. The number of rotatable bonds is 11. The lowest BCUT2D eigenvalue weighted by atomic mass is 9.77. The molecule has 5 atom stereocenters. The monoisotopic (exact) mass is 386 g/mol. The third-order valence-electron chi connectivity index (χ3n) is 5.54. The van der Waals surface area contributed by atoms with Gasteiger partial charge in [0.05, 0.1) is 12.2 Å². The van der Waals surface area contributed by atoms with Gasteiger partial charge in [0.15, 0.2) is 0 Å². The fourth-order valence-corrected chi connectivity index (χ4v) is 4.14. The summed E-state index contributed by atoms with van der Waals surface area (Å²) in [6, 6.07) is 9.49. The number of benzene rings is 1. The number of carbonyl (C=O) groups is 1. The van der Waals surface area contributed by atoms with Crippen LogP contribution in [0.15, 0.2) is 54.6 Å². The van der Waals surface area contributed by atoms with Crippen molar-refractivity contribution in [3.8, 4) is 5.75 Å². The van der Waals surface area contributed by atoms with Crippen LogP contribution in [0.1, 0.15) is 38.5 Å². The molecule has 0 radical (unpaired) electrons. The van der Waals surface area contributed by atoms with Crippen molar-refractivity contribution >= 4 is 5.97 Å². The molecule has 0 spiro atoms. The second kappa shape index (κ2) is 10.4. The quantitative estimate of drug-likeness (QED) is 0.444. The van der Waals surface area contributed by atoms with Gasteiger partial charge in [0.2, 0.25) is 0 Å². The summed E-state index contributed by atoms with van der Waals surface area (Å²) in [6.07, 6.45) is 12.9. The average molecular weight is 386 g/mol. The van der Waals surface area contributed by atoms with Gasteiger partial charge in [-0.25, -0.2) is 0 Å². The molecule has 1 aromatic rings. The number of hydrogen-bond donors (Lipinski definition) is 2. The van der Waals surface area contributed by atoms with Crippen LogP contribution in [0.5, 0.6) is 5.75 Å². The molecular formula is C23H30O5. The van der Waals surface area contributed by atoms with Gasteiger partial charge in [-0.15, -0.1) is 0 Å². The van der Waals surface area contributed by atoms with Gasteiger partial charge in [-0.2, -0.15) is 0 Å². The van der Waals surface area contributed by atoms with Crippen molar-refractivity contribution in [1.82, 2.24) is 0 Å². The first-order valence-electron chi connectivity index (χ1n) is 10.2. The van der Waals surface area contributed by atoms with Gasteiger partial charge in [-0.05, 0) is 50.2 Å². The third-order valence-corrected chi connectivity index (χ3v) is 5.54. The number of fused-ring (bicyclic) bond motifs is 2. The smallest absolute Gasteiger partial charge is 0.303 e. The number of aliphatic carboxylic acids is 1. The fraction of sp³-hybridized carbons (Fsp3) is 0.522. The fourth-order valence-electron chi connectivity index (χ4n) is 4.14. The predicted molar refractivity (Wildman–Crippen MR) is 107 cm³/mol. The Bertz CT molecular complexity index is 669. The molecule has 2 bridgehead atoms. The molecule has 28 heavy (non-hydrogen) atoms. The third kappa shape index (κ3) is 5.94. The molecular weight excluding hydrogens is 356 g/mol. The number of para-hydroxylation sites is 1. The highest BCUT2D eigenvalue weighted by molar-refractivity contribution is 5.66. The maximum atomic E-state index is 10.5. The lowest BCUT2D eigenvalue weighted by Crippen LogP contribution is -2.26. The molecule has 0 aromatic heterocycles. The molecule has 3 rings (SSSR count). The van der Waals surface area contributed by atoms with Crippen LogP contribution < -0.4 is 4.74 Å². The van der Waals surface area contributed by atoms with Crippen molar-refractivity contribution in [3.63, 3.8) is 0 Å². The van der Waals surface area contributed by atoms with Crippen molar-refractivity contribution in [3.05, 3.63) is 54.6 Å². The van der Waals surface area contributed by atoms with E-state index in [0.29, 0.717) is 24.4 Å². The first-order chi connectivity index (χ1) is 13.6. The number of aliphatic hydroxyl groups is 1. The van der Waals surface area contributed by atoms with E-state index in [0.717, 1.165) is 31.4 Å². The zero-order valence-electron chi connectivity index (χ0n) is 16.2. The lowest BCUT2D eigenvalue weighted by Gasteiger charge is -2.25. The van der Waals surface area contributed by atoms with Crippen molar-refractivity contribution in [1.29, 1.82) is 0 Å². The summed E-state index contributed by atoms with van der Waals surface area (Å²) in [7, 11) is 0. The number of carboxylic acid groups (broad SMARTS) is 1. The summed E-state index contributed by atoms with van der Waals surface area (Å²) in [5.41, 5.74) is 0. The number of allylic oxidation sites excluding steroid dienone is 2. The van der Waals surface area contributed by atoms with Crippen molar-refractivity contribution in [2.24, 2.45) is 11.8 Å². The Balaban J connectivity index is 1.46. The van der Waals surface area contributed by atoms with Crippen molar-refractivity contribution < 1.29 is 24.5 Å². The van der Waals surface area contributed by atoms with Gasteiger partial charge < -0.3 is 19.7 Å². The summed E-state index contributed by atoms with van der Waals surface area (Å²) >= 11 is 0. The van der Waals surface area contributed by atoms with Crippen LogP contribution in [0.2, 0.25) is 0 Å². The minimum Gasteiger partial charge on any atom is -0.491 e. The van der Waals surface area contributed by atoms with E-state index in [4.69, 9.17) is 14.6 Å². The van der Waals surface area contributed by atoms with E-state index in [1.807, 2.05) is 36.4 Å². The number of ether oxygens (including phenoxy) is 2. The topological polar surface area (TPSA) is 76.0 Å². The highest BCUT2D eigenvalue weighted by Gasteiger charge is 2.46. The first-order valence-corrected chi connectivity index (χ1v) is 10.2. The summed E-state index contributed by atoms with van der Waals surface area (Å²) in [4.78, 5) is 10.5. The Labute approximate surface area is 166 Å². The van der Waals surface area contributed by atoms with Gasteiger partial charge >= 0.3 is 5.97 Å². The molecule has 0 saturated carbocycles. The van der Waals surface area contributed by atoms with Crippen LogP contribution in [0, 0.1) is 11.8 Å². The van der Waals surface area contributed by atoms with Crippen LogP contribution in [-0.2, 0) is 9.53 Å². The van der Waals surface area contributed by atoms with Gasteiger partial charge in [0.1, 0.15) is 18.5 Å². The molecule has 2 N–H and O–H groups in total. The summed E-state index contributed by atoms with van der Waals surface area (Å²) in [5, 5.41) is 18.9. The van der Waals surface area contributed by atoms with Crippen LogP contribution in [-0.4, -0.2) is 41.1 Å². The van der Waals surface area contributed by atoms with Crippen LogP contribution in [0.4, 0.5) is 0 Å². The van der Waals surface area contributed by atoms with Crippen LogP contribution in [0.25, 0.3) is 0 Å². The van der Waals surface area contributed by atoms with E-state index >= 15 is 0 Å². The second-order valence-corrected chi connectivity index (χ2v) is 7.60. The van der Waals surface area contributed by atoms with Crippen LogP contribution >= 0.6 is 0 Å². The zero-order valence-corrected chi connectivity index (χ0v) is 16.2. The van der Waals surface area contributed by atoms with Gasteiger partial charge in [0.25, 0.3) is 0 Å². The molecule has 1 unspecified atom stereocenters. The average Bonchev–Trinajstić information content (AvgIpc) is 3.30. The number of hydrogen-bond acceptors (Lipinski definition) is 4. The predicted octanol–water partition coefficient (Wildman–Crippen LogP) is 3.98. The Morgan fingerprint density at radius 1 is 1.21 bits per heavy atom. The summed E-state index contributed by atoms with van der Waals surface area (Å²) in [6.45, 7) is 0.232. The molecule has 2 saturated heterocycles. The van der Waals surface area contributed by atoms with E-state index in [2.05, 4.69) is 18.2 Å².